The minimum atomic E-state index is 0.0515. The fourth-order valence-corrected chi connectivity index (χ4v) is 3.14. The predicted molar refractivity (Wildman–Crippen MR) is 87.6 cm³/mol. The largest absolute Gasteiger partial charge is 0.493 e. The minimum absolute atomic E-state index is 0.0515. The SMILES string of the molecule is CC(C)CC(=O)N1CCN(C(=O)c2ccc3c(c2)CCO3)CC1. The molecule has 0 bridgehead atoms. The highest BCUT2D eigenvalue weighted by molar-refractivity contribution is 5.95. The Morgan fingerprint density at radius 2 is 1.83 bits per heavy atom. The molecule has 0 unspecified atom stereocenters. The predicted octanol–water partition coefficient (Wildman–Crippen LogP) is 1.95. The Morgan fingerprint density at radius 1 is 1.13 bits per heavy atom. The van der Waals surface area contributed by atoms with Gasteiger partial charge in [-0.05, 0) is 29.7 Å². The van der Waals surface area contributed by atoms with Crippen LogP contribution in [-0.2, 0) is 11.2 Å². The van der Waals surface area contributed by atoms with Crippen LogP contribution in [0.4, 0.5) is 0 Å². The minimum Gasteiger partial charge on any atom is -0.493 e. The van der Waals surface area contributed by atoms with Crippen molar-refractivity contribution in [1.82, 2.24) is 9.80 Å². The van der Waals surface area contributed by atoms with E-state index in [-0.39, 0.29) is 11.8 Å². The number of ether oxygens (including phenoxy) is 1. The van der Waals surface area contributed by atoms with E-state index in [2.05, 4.69) is 13.8 Å². The molecule has 2 aliphatic heterocycles. The van der Waals surface area contributed by atoms with Crippen molar-refractivity contribution in [3.8, 4) is 5.75 Å². The quantitative estimate of drug-likeness (QED) is 0.856. The van der Waals surface area contributed by atoms with Gasteiger partial charge in [0.15, 0.2) is 0 Å². The summed E-state index contributed by atoms with van der Waals surface area (Å²) in [5.74, 6) is 1.51. The molecule has 0 atom stereocenters. The molecule has 2 heterocycles. The number of rotatable bonds is 3. The number of nitrogens with zero attached hydrogens (tertiary/aromatic N) is 2. The van der Waals surface area contributed by atoms with Crippen LogP contribution in [0.3, 0.4) is 0 Å². The Bertz CT molecular complexity index is 604. The number of fused-ring (bicyclic) bond motifs is 1. The molecule has 5 heteroatoms. The fraction of sp³-hybridized carbons (Fsp3) is 0.556. The molecule has 0 spiro atoms. The zero-order valence-corrected chi connectivity index (χ0v) is 13.9. The van der Waals surface area contributed by atoms with Crippen LogP contribution in [0.2, 0.25) is 0 Å². The summed E-state index contributed by atoms with van der Waals surface area (Å²) in [4.78, 5) is 28.4. The molecular weight excluding hydrogens is 292 g/mol. The van der Waals surface area contributed by atoms with E-state index in [0.717, 1.165) is 23.3 Å². The highest BCUT2D eigenvalue weighted by atomic mass is 16.5. The molecule has 0 aliphatic carbocycles. The summed E-state index contributed by atoms with van der Waals surface area (Å²) in [6.07, 6.45) is 1.45. The summed E-state index contributed by atoms with van der Waals surface area (Å²) >= 11 is 0. The number of carbonyl (C=O) groups excluding carboxylic acids is 2. The molecular formula is C18H24N2O3. The van der Waals surface area contributed by atoms with Gasteiger partial charge in [-0.3, -0.25) is 9.59 Å². The normalized spacial score (nSPS) is 17.2. The Labute approximate surface area is 137 Å². The molecule has 2 aliphatic rings. The van der Waals surface area contributed by atoms with Crippen LogP contribution < -0.4 is 4.74 Å². The molecule has 3 rings (SSSR count). The molecule has 124 valence electrons. The zero-order valence-electron chi connectivity index (χ0n) is 13.9. The van der Waals surface area contributed by atoms with Crippen LogP contribution in [0.25, 0.3) is 0 Å². The van der Waals surface area contributed by atoms with Gasteiger partial charge in [-0.25, -0.2) is 0 Å². The number of benzene rings is 1. The molecule has 23 heavy (non-hydrogen) atoms. The number of hydrogen-bond acceptors (Lipinski definition) is 3. The van der Waals surface area contributed by atoms with Crippen LogP contribution in [0.1, 0.15) is 36.2 Å². The maximum absolute atomic E-state index is 12.6. The van der Waals surface area contributed by atoms with E-state index in [1.165, 1.54) is 0 Å². The lowest BCUT2D eigenvalue weighted by Crippen LogP contribution is -2.50. The average Bonchev–Trinajstić information content (AvgIpc) is 3.01. The second-order valence-corrected chi connectivity index (χ2v) is 6.69. The zero-order chi connectivity index (χ0) is 16.4. The second kappa shape index (κ2) is 6.60. The van der Waals surface area contributed by atoms with Crippen molar-refractivity contribution in [1.29, 1.82) is 0 Å². The summed E-state index contributed by atoms with van der Waals surface area (Å²) in [5, 5.41) is 0. The number of amides is 2. The lowest BCUT2D eigenvalue weighted by molar-refractivity contribution is -0.133. The van der Waals surface area contributed by atoms with Crippen molar-refractivity contribution in [2.75, 3.05) is 32.8 Å². The Morgan fingerprint density at radius 3 is 2.52 bits per heavy atom. The van der Waals surface area contributed by atoms with Gasteiger partial charge in [0.05, 0.1) is 6.61 Å². The molecule has 1 fully saturated rings. The average molecular weight is 316 g/mol. The van der Waals surface area contributed by atoms with Gasteiger partial charge in [0, 0.05) is 44.6 Å². The van der Waals surface area contributed by atoms with Gasteiger partial charge >= 0.3 is 0 Å². The first-order valence-corrected chi connectivity index (χ1v) is 8.37. The van der Waals surface area contributed by atoms with Gasteiger partial charge in [-0.15, -0.1) is 0 Å². The Balaban J connectivity index is 1.59. The standard InChI is InChI=1S/C18H24N2O3/c1-13(2)11-17(21)19-6-8-20(9-7-19)18(22)15-3-4-16-14(12-15)5-10-23-16/h3-4,12-13H,5-11H2,1-2H3. The van der Waals surface area contributed by atoms with E-state index in [1.54, 1.807) is 0 Å². The van der Waals surface area contributed by atoms with Gasteiger partial charge in [0.1, 0.15) is 5.75 Å². The smallest absolute Gasteiger partial charge is 0.253 e. The van der Waals surface area contributed by atoms with Crippen molar-refractivity contribution < 1.29 is 14.3 Å². The third kappa shape index (κ3) is 3.49. The van der Waals surface area contributed by atoms with Gasteiger partial charge in [0.25, 0.3) is 5.91 Å². The van der Waals surface area contributed by atoms with Gasteiger partial charge in [-0.2, -0.15) is 0 Å². The molecule has 5 nitrogen and oxygen atoms in total. The van der Waals surface area contributed by atoms with Crippen LogP contribution in [-0.4, -0.2) is 54.4 Å². The van der Waals surface area contributed by atoms with E-state index in [0.29, 0.717) is 45.1 Å². The van der Waals surface area contributed by atoms with Crippen LogP contribution >= 0.6 is 0 Å². The second-order valence-electron chi connectivity index (χ2n) is 6.69. The maximum Gasteiger partial charge on any atom is 0.253 e. The summed E-state index contributed by atoms with van der Waals surface area (Å²) in [6.45, 7) is 7.28. The van der Waals surface area contributed by atoms with Gasteiger partial charge < -0.3 is 14.5 Å². The van der Waals surface area contributed by atoms with Crippen LogP contribution in [0, 0.1) is 5.92 Å². The first kappa shape index (κ1) is 15.8. The molecule has 0 N–H and O–H groups in total. The van der Waals surface area contributed by atoms with Crippen molar-refractivity contribution in [3.05, 3.63) is 29.3 Å². The fourth-order valence-electron chi connectivity index (χ4n) is 3.14. The van der Waals surface area contributed by atoms with E-state index < -0.39 is 0 Å². The van der Waals surface area contributed by atoms with E-state index >= 15 is 0 Å². The van der Waals surface area contributed by atoms with Crippen LogP contribution in [0.5, 0.6) is 5.75 Å². The number of carbonyl (C=O) groups is 2. The molecule has 1 aromatic rings. The highest BCUT2D eigenvalue weighted by Crippen LogP contribution is 2.26. The van der Waals surface area contributed by atoms with Crippen molar-refractivity contribution in [2.24, 2.45) is 5.92 Å². The Kier molecular flexibility index (Phi) is 4.55. The highest BCUT2D eigenvalue weighted by Gasteiger charge is 2.25. The number of piperazine rings is 1. The summed E-state index contributed by atoms with van der Waals surface area (Å²) in [7, 11) is 0. The first-order valence-electron chi connectivity index (χ1n) is 8.37. The molecule has 1 saturated heterocycles. The van der Waals surface area contributed by atoms with E-state index in [4.69, 9.17) is 4.74 Å². The van der Waals surface area contributed by atoms with E-state index in [1.807, 2.05) is 28.0 Å². The van der Waals surface area contributed by atoms with Crippen LogP contribution in [0.15, 0.2) is 18.2 Å². The van der Waals surface area contributed by atoms with Crippen molar-refractivity contribution in [3.63, 3.8) is 0 Å². The molecule has 1 aromatic carbocycles. The topological polar surface area (TPSA) is 49.9 Å². The molecule has 0 saturated carbocycles. The summed E-state index contributed by atoms with van der Waals surface area (Å²) < 4.78 is 5.48. The van der Waals surface area contributed by atoms with Crippen molar-refractivity contribution >= 4 is 11.8 Å². The third-order valence-corrected chi connectivity index (χ3v) is 4.44. The van der Waals surface area contributed by atoms with Gasteiger partial charge in [-0.1, -0.05) is 13.8 Å². The summed E-state index contributed by atoms with van der Waals surface area (Å²) in [5.41, 5.74) is 1.83. The monoisotopic (exact) mass is 316 g/mol. The lowest BCUT2D eigenvalue weighted by Gasteiger charge is -2.35. The molecule has 0 aromatic heterocycles. The number of hydrogen-bond donors (Lipinski definition) is 0. The maximum atomic E-state index is 12.6. The first-order chi connectivity index (χ1) is 11.0. The third-order valence-electron chi connectivity index (χ3n) is 4.44. The van der Waals surface area contributed by atoms with Gasteiger partial charge in [0.2, 0.25) is 5.91 Å². The molecule has 2 amide bonds. The molecule has 0 radical (unpaired) electrons. The Hall–Kier alpha value is -2.04. The lowest BCUT2D eigenvalue weighted by atomic mass is 10.1. The van der Waals surface area contributed by atoms with Crippen molar-refractivity contribution in [2.45, 2.75) is 26.7 Å². The summed E-state index contributed by atoms with van der Waals surface area (Å²) in [6, 6.07) is 5.67. The van der Waals surface area contributed by atoms with E-state index in [9.17, 15) is 9.59 Å².